The van der Waals surface area contributed by atoms with E-state index in [0.717, 1.165) is 5.56 Å². The molecule has 2 aliphatic rings. The van der Waals surface area contributed by atoms with Crippen molar-refractivity contribution in [2.75, 3.05) is 47.7 Å². The fourth-order valence-corrected chi connectivity index (χ4v) is 10.9. The van der Waals surface area contributed by atoms with Crippen LogP contribution < -0.4 is 0 Å². The molecule has 2 aliphatic heterocycles. The third-order valence-electron chi connectivity index (χ3n) is 14.5. The number of carboxylic acid groups (broad SMARTS) is 1. The van der Waals surface area contributed by atoms with Gasteiger partial charge in [-0.15, -0.1) is 0 Å². The van der Waals surface area contributed by atoms with Crippen molar-refractivity contribution in [2.24, 2.45) is 35.5 Å². The first kappa shape index (κ1) is 61.0. The summed E-state index contributed by atoms with van der Waals surface area (Å²) in [4.78, 5) is 114. The Hall–Kier alpha value is -4.15. The van der Waals surface area contributed by atoms with Crippen LogP contribution in [0.3, 0.4) is 0 Å². The van der Waals surface area contributed by atoms with Crippen molar-refractivity contribution in [1.29, 1.82) is 0 Å². The molecule has 1 aromatic carbocycles. The number of carbonyl (C=O) groups excluding carboxylic acids is 7. The van der Waals surface area contributed by atoms with Gasteiger partial charge >= 0.3 is 5.97 Å². The van der Waals surface area contributed by atoms with Gasteiger partial charge in [-0.3, -0.25) is 43.3 Å². The minimum absolute atomic E-state index is 0. The molecular weight excluding hydrogens is 901 g/mol. The van der Waals surface area contributed by atoms with Crippen molar-refractivity contribution >= 4 is 58.8 Å². The lowest BCUT2D eigenvalue weighted by atomic mass is 9.83. The van der Waals surface area contributed by atoms with Gasteiger partial charge in [-0.05, 0) is 61.7 Å². The molecule has 69 heavy (non-hydrogen) atoms. The Bertz CT molecular complexity index is 1860. The highest BCUT2D eigenvalue weighted by atomic mass is 32.2. The molecule has 0 aliphatic carbocycles. The van der Waals surface area contributed by atoms with Crippen LogP contribution in [0.1, 0.15) is 132 Å². The number of benzene rings is 1. The molecule has 0 bridgehead atoms. The number of carboxylic acids is 1. The van der Waals surface area contributed by atoms with E-state index in [1.54, 1.807) is 30.8 Å². The second-order valence-electron chi connectivity index (χ2n) is 19.8. The Kier molecular flexibility index (Phi) is 25.9. The average molecular weight is 987 g/mol. The van der Waals surface area contributed by atoms with E-state index >= 15 is 0 Å². The zero-order valence-electron chi connectivity index (χ0n) is 42.9. The van der Waals surface area contributed by atoms with Gasteiger partial charge in [-0.1, -0.05) is 99.1 Å². The first-order valence-electron chi connectivity index (χ1n) is 24.7. The highest BCUT2D eigenvalue weighted by Gasteiger charge is 2.44. The molecular formula is C53H86N4O11S. The van der Waals surface area contributed by atoms with E-state index in [-0.39, 0.29) is 110 Å². The molecule has 1 N–H and O–H groups in total. The van der Waals surface area contributed by atoms with Gasteiger partial charge in [0.15, 0.2) is 5.78 Å². The van der Waals surface area contributed by atoms with Gasteiger partial charge in [-0.25, -0.2) is 0 Å². The summed E-state index contributed by atoms with van der Waals surface area (Å²) in [5, 5.41) is 9.68. The number of thioether (sulfide) groups is 1. The molecule has 0 spiro atoms. The number of hydrogen-bond acceptors (Lipinski definition) is 11. The molecule has 0 radical (unpaired) electrons. The van der Waals surface area contributed by atoms with Gasteiger partial charge in [-0.2, -0.15) is 11.8 Å². The summed E-state index contributed by atoms with van der Waals surface area (Å²) in [6, 6.07) is 7.49. The quantitative estimate of drug-likeness (QED) is 0.0604. The largest absolute Gasteiger partial charge is 0.481 e. The summed E-state index contributed by atoms with van der Waals surface area (Å²) in [6.45, 7) is 14.1. The summed E-state index contributed by atoms with van der Waals surface area (Å²) in [7, 11) is 6.37. The number of likely N-dealkylation sites (N-methyl/N-ethyl adjacent to an activating group) is 2. The standard InChI is InChI=1S/C52H82N4O11S.CH4/c1-13-34(6)48(42(66-10)30-45(60)55-26-20-23-39(55)49(67-11)35(7)40(57)28-37(52(64)65)27-36-21-16-14-17-22-36)54(9)50(62)38(32(2)3)29-41(58)47(33(4)5)53(8)44(59)24-18-15-19-25-56-46(61)31-43(68-12)51(56)63;/h14,16-17,21-22,32-35,37-39,42-43,47-49H,13,15,18-20,23-31H2,1-12H3,(H,64,65);1H4/t34-,35-,37+,38-,39-,42+,43?,47-,48?,49+;/m0./s1. The highest BCUT2D eigenvalue weighted by molar-refractivity contribution is 8.00. The number of rotatable bonds is 30. The van der Waals surface area contributed by atoms with Gasteiger partial charge in [0.1, 0.15) is 5.78 Å². The van der Waals surface area contributed by atoms with E-state index in [2.05, 4.69) is 0 Å². The minimum Gasteiger partial charge on any atom is -0.481 e. The molecule has 0 aromatic heterocycles. The second kappa shape index (κ2) is 29.3. The van der Waals surface area contributed by atoms with E-state index in [0.29, 0.717) is 51.6 Å². The summed E-state index contributed by atoms with van der Waals surface area (Å²) in [5.74, 6) is -5.30. The van der Waals surface area contributed by atoms with Crippen molar-refractivity contribution in [3.63, 3.8) is 0 Å². The minimum atomic E-state index is -1.05. The number of hydrogen-bond donors (Lipinski definition) is 1. The van der Waals surface area contributed by atoms with Gasteiger partial charge < -0.3 is 29.3 Å². The Morgan fingerprint density at radius 1 is 0.855 bits per heavy atom. The van der Waals surface area contributed by atoms with Gasteiger partial charge in [0.25, 0.3) is 0 Å². The van der Waals surface area contributed by atoms with Crippen LogP contribution in [0, 0.1) is 35.5 Å². The van der Waals surface area contributed by atoms with Crippen molar-refractivity contribution in [2.45, 2.75) is 169 Å². The van der Waals surface area contributed by atoms with E-state index in [1.807, 2.05) is 78.1 Å². The van der Waals surface area contributed by atoms with Gasteiger partial charge in [0.05, 0.1) is 47.9 Å². The predicted octanol–water partition coefficient (Wildman–Crippen LogP) is 7.21. The molecule has 2 saturated heterocycles. The average Bonchev–Trinajstić information content (AvgIpc) is 3.90. The molecule has 0 saturated carbocycles. The number of ketones is 2. The Labute approximate surface area is 417 Å². The first-order chi connectivity index (χ1) is 32.1. The lowest BCUT2D eigenvalue weighted by molar-refractivity contribution is -0.150. The maximum atomic E-state index is 14.7. The van der Waals surface area contributed by atoms with Crippen LogP contribution in [0.2, 0.25) is 0 Å². The number of carbonyl (C=O) groups is 8. The van der Waals surface area contributed by atoms with Crippen molar-refractivity contribution in [1.82, 2.24) is 19.6 Å². The van der Waals surface area contributed by atoms with Crippen LogP contribution in [-0.4, -0.2) is 155 Å². The van der Waals surface area contributed by atoms with E-state index in [9.17, 15) is 43.5 Å². The normalized spacial score (nSPS) is 19.6. The zero-order valence-corrected chi connectivity index (χ0v) is 43.8. The van der Waals surface area contributed by atoms with Crippen LogP contribution in [0.15, 0.2) is 30.3 Å². The second-order valence-corrected chi connectivity index (χ2v) is 20.9. The Morgan fingerprint density at radius 3 is 2.04 bits per heavy atom. The summed E-state index contributed by atoms with van der Waals surface area (Å²) < 4.78 is 12.0. The smallest absolute Gasteiger partial charge is 0.307 e. The predicted molar refractivity (Wildman–Crippen MR) is 270 cm³/mol. The lowest BCUT2D eigenvalue weighted by Crippen LogP contribution is -2.54. The summed E-state index contributed by atoms with van der Waals surface area (Å²) >= 11 is 1.38. The molecule has 2 heterocycles. The molecule has 1 aromatic rings. The van der Waals surface area contributed by atoms with Crippen LogP contribution in [0.4, 0.5) is 0 Å². The fourth-order valence-electron chi connectivity index (χ4n) is 10.3. The molecule has 3 rings (SSSR count). The Balaban J connectivity index is 0.0000163. The van der Waals surface area contributed by atoms with Crippen molar-refractivity contribution < 1.29 is 52.9 Å². The number of Topliss-reactive ketones (excluding diaryl/α,β-unsaturated/α-hetero) is 2. The van der Waals surface area contributed by atoms with Crippen LogP contribution in [0.5, 0.6) is 0 Å². The number of amides is 5. The number of methoxy groups -OCH3 is 2. The molecule has 2 fully saturated rings. The van der Waals surface area contributed by atoms with E-state index in [1.165, 1.54) is 35.8 Å². The maximum Gasteiger partial charge on any atom is 0.307 e. The SMILES string of the molecule is C.CC[C@H](C)C([C@@H](CC(=O)N1CCC[C@H]1[C@H](OC)[C@@H](C)C(=O)C[C@@H](Cc1ccccc1)C(=O)O)OC)N(C)C(=O)[C@@H](CC(=O)[C@H](C(C)C)N(C)C(=O)CCCCCN1C(=O)CC(SC)C1=O)C(C)C. The van der Waals surface area contributed by atoms with Crippen LogP contribution in [0.25, 0.3) is 0 Å². The van der Waals surface area contributed by atoms with E-state index < -0.39 is 54.1 Å². The molecule has 390 valence electrons. The zero-order chi connectivity index (χ0) is 51.0. The first-order valence-corrected chi connectivity index (χ1v) is 26.0. The van der Waals surface area contributed by atoms with Crippen LogP contribution >= 0.6 is 11.8 Å². The molecule has 16 heteroatoms. The highest BCUT2D eigenvalue weighted by Crippen LogP contribution is 2.32. The molecule has 10 atom stereocenters. The number of imide groups is 1. The van der Waals surface area contributed by atoms with Gasteiger partial charge in [0, 0.05) is 78.9 Å². The lowest BCUT2D eigenvalue weighted by Gasteiger charge is -2.41. The monoisotopic (exact) mass is 987 g/mol. The molecule has 15 nitrogen and oxygen atoms in total. The number of aliphatic carboxylic acids is 1. The summed E-state index contributed by atoms with van der Waals surface area (Å²) in [6.07, 6.45) is 4.54. The topological polar surface area (TPSA) is 188 Å². The van der Waals surface area contributed by atoms with Crippen LogP contribution in [-0.2, 0) is 54.3 Å². The number of ether oxygens (including phenoxy) is 2. The fraction of sp³-hybridized carbons (Fsp3) is 0.736. The van der Waals surface area contributed by atoms with Crippen molar-refractivity contribution in [3.05, 3.63) is 35.9 Å². The Morgan fingerprint density at radius 2 is 1.51 bits per heavy atom. The number of unbranched alkanes of at least 4 members (excludes halogenated alkanes) is 2. The third-order valence-corrected chi connectivity index (χ3v) is 15.5. The summed E-state index contributed by atoms with van der Waals surface area (Å²) in [5.41, 5.74) is 0.829. The van der Waals surface area contributed by atoms with Crippen molar-refractivity contribution in [3.8, 4) is 0 Å². The molecule has 5 amide bonds. The number of likely N-dealkylation sites (tertiary alicyclic amines) is 2. The van der Waals surface area contributed by atoms with E-state index in [4.69, 9.17) is 9.47 Å². The van der Waals surface area contributed by atoms with Gasteiger partial charge in [0.2, 0.25) is 29.5 Å². The third kappa shape index (κ3) is 16.5. The maximum absolute atomic E-state index is 14.7. The molecule has 2 unspecified atom stereocenters. The number of nitrogens with zero attached hydrogens (tertiary/aromatic N) is 4.